The molecule has 1 amide bonds. The number of rotatable bonds is 6. The van der Waals surface area contributed by atoms with Crippen LogP contribution >= 0.6 is 0 Å². The van der Waals surface area contributed by atoms with Gasteiger partial charge < -0.3 is 14.7 Å². The summed E-state index contributed by atoms with van der Waals surface area (Å²) in [6.45, 7) is 2.74. The molecule has 1 N–H and O–H groups in total. The molecule has 5 nitrogen and oxygen atoms in total. The predicted molar refractivity (Wildman–Crippen MR) is 83.3 cm³/mol. The maximum Gasteiger partial charge on any atom is 0.256 e. The van der Waals surface area contributed by atoms with Crippen molar-refractivity contribution in [3.05, 3.63) is 59.9 Å². The fourth-order valence-electron chi connectivity index (χ4n) is 2.16. The van der Waals surface area contributed by atoms with Crippen molar-refractivity contribution >= 4 is 5.91 Å². The summed E-state index contributed by atoms with van der Waals surface area (Å²) in [5.74, 6) is 0.263. The van der Waals surface area contributed by atoms with Crippen LogP contribution in [0.25, 0.3) is 0 Å². The van der Waals surface area contributed by atoms with Crippen LogP contribution in [0.2, 0.25) is 0 Å². The zero-order valence-electron chi connectivity index (χ0n) is 12.8. The van der Waals surface area contributed by atoms with Gasteiger partial charge in [-0.25, -0.2) is 0 Å². The molecule has 1 heterocycles. The largest absolute Gasteiger partial charge is 0.497 e. The summed E-state index contributed by atoms with van der Waals surface area (Å²) in [5.41, 5.74) is 1.30. The number of ether oxygens (including phenoxy) is 1. The highest BCUT2D eigenvalue weighted by molar-refractivity contribution is 5.82. The number of carbonyl (C=O) groups excluding carboxylic acids is 1. The molecule has 22 heavy (non-hydrogen) atoms. The van der Waals surface area contributed by atoms with Gasteiger partial charge in [-0.05, 0) is 36.8 Å². The first-order chi connectivity index (χ1) is 10.7. The van der Waals surface area contributed by atoms with Crippen molar-refractivity contribution in [2.75, 3.05) is 13.7 Å². The first-order valence-corrected chi connectivity index (χ1v) is 7.16. The molecule has 116 valence electrons. The standard InChI is InChI=1S/C17H20N2O3/c1-3-19(12-14-8-4-5-10-18-14)17(21)16(20)13-7-6-9-15(11-13)22-2/h4-11,16,20H,3,12H2,1-2H3. The van der Waals surface area contributed by atoms with Crippen molar-refractivity contribution in [3.8, 4) is 5.75 Å². The van der Waals surface area contributed by atoms with Gasteiger partial charge in [-0.1, -0.05) is 18.2 Å². The molecule has 1 aromatic carbocycles. The normalized spacial score (nSPS) is 11.8. The Labute approximate surface area is 130 Å². The maximum absolute atomic E-state index is 12.5. The number of hydrogen-bond donors (Lipinski definition) is 1. The van der Waals surface area contributed by atoms with Gasteiger partial charge in [0.15, 0.2) is 6.10 Å². The van der Waals surface area contributed by atoms with E-state index in [4.69, 9.17) is 4.74 Å². The SMILES string of the molecule is CCN(Cc1ccccn1)C(=O)C(O)c1cccc(OC)c1. The number of aromatic nitrogens is 1. The van der Waals surface area contributed by atoms with Gasteiger partial charge in [-0.3, -0.25) is 9.78 Å². The van der Waals surface area contributed by atoms with Crippen molar-refractivity contribution in [1.82, 2.24) is 9.88 Å². The Kier molecular flexibility index (Phi) is 5.49. The quantitative estimate of drug-likeness (QED) is 0.888. The predicted octanol–water partition coefficient (Wildman–Crippen LogP) is 2.17. The first kappa shape index (κ1) is 16.0. The average molecular weight is 300 g/mol. The monoisotopic (exact) mass is 300 g/mol. The van der Waals surface area contributed by atoms with Crippen molar-refractivity contribution < 1.29 is 14.6 Å². The molecular weight excluding hydrogens is 280 g/mol. The maximum atomic E-state index is 12.5. The molecule has 0 aliphatic rings. The highest BCUT2D eigenvalue weighted by Gasteiger charge is 2.23. The number of aliphatic hydroxyl groups is 1. The smallest absolute Gasteiger partial charge is 0.256 e. The molecule has 5 heteroatoms. The Balaban J connectivity index is 2.13. The highest BCUT2D eigenvalue weighted by atomic mass is 16.5. The molecule has 1 unspecified atom stereocenters. The second kappa shape index (κ2) is 7.56. The van der Waals surface area contributed by atoms with Crippen LogP contribution in [0.3, 0.4) is 0 Å². The summed E-state index contributed by atoms with van der Waals surface area (Å²) >= 11 is 0. The second-order valence-electron chi connectivity index (χ2n) is 4.85. The van der Waals surface area contributed by atoms with Crippen LogP contribution in [0, 0.1) is 0 Å². The number of aliphatic hydroxyl groups excluding tert-OH is 1. The van der Waals surface area contributed by atoms with E-state index in [1.165, 1.54) is 0 Å². The molecule has 0 saturated carbocycles. The minimum absolute atomic E-state index is 0.346. The van der Waals surface area contributed by atoms with Crippen molar-refractivity contribution in [1.29, 1.82) is 0 Å². The zero-order valence-corrected chi connectivity index (χ0v) is 12.8. The zero-order chi connectivity index (χ0) is 15.9. The second-order valence-corrected chi connectivity index (χ2v) is 4.85. The molecular formula is C17H20N2O3. The summed E-state index contributed by atoms with van der Waals surface area (Å²) in [6.07, 6.45) is 0.477. The molecule has 1 atom stereocenters. The van der Waals surface area contributed by atoms with E-state index in [9.17, 15) is 9.90 Å². The molecule has 0 saturated heterocycles. The number of carbonyl (C=O) groups is 1. The number of pyridine rings is 1. The third kappa shape index (κ3) is 3.83. The third-order valence-corrected chi connectivity index (χ3v) is 3.42. The lowest BCUT2D eigenvalue weighted by atomic mass is 10.1. The Morgan fingerprint density at radius 3 is 2.77 bits per heavy atom. The van der Waals surface area contributed by atoms with E-state index in [1.807, 2.05) is 25.1 Å². The Morgan fingerprint density at radius 2 is 2.14 bits per heavy atom. The number of nitrogens with zero attached hydrogens (tertiary/aromatic N) is 2. The minimum atomic E-state index is -1.21. The average Bonchev–Trinajstić information content (AvgIpc) is 2.59. The van der Waals surface area contributed by atoms with E-state index < -0.39 is 6.10 Å². The van der Waals surface area contributed by atoms with Crippen molar-refractivity contribution in [2.24, 2.45) is 0 Å². The number of likely N-dealkylation sites (N-methyl/N-ethyl adjacent to an activating group) is 1. The summed E-state index contributed by atoms with van der Waals surface area (Å²) in [4.78, 5) is 18.3. The molecule has 0 aliphatic heterocycles. The number of benzene rings is 1. The van der Waals surface area contributed by atoms with E-state index in [0.29, 0.717) is 24.4 Å². The fourth-order valence-corrected chi connectivity index (χ4v) is 2.16. The number of methoxy groups -OCH3 is 1. The number of hydrogen-bond acceptors (Lipinski definition) is 4. The molecule has 0 spiro atoms. The summed E-state index contributed by atoms with van der Waals surface area (Å²) in [6, 6.07) is 12.4. The van der Waals surface area contributed by atoms with Crippen molar-refractivity contribution in [2.45, 2.75) is 19.6 Å². The number of amides is 1. The Bertz CT molecular complexity index is 616. The third-order valence-electron chi connectivity index (χ3n) is 3.42. The molecule has 0 bridgehead atoms. The van der Waals surface area contributed by atoms with Gasteiger partial charge in [-0.15, -0.1) is 0 Å². The van der Waals surface area contributed by atoms with Gasteiger partial charge in [0, 0.05) is 12.7 Å². The van der Waals surface area contributed by atoms with Crippen LogP contribution < -0.4 is 4.74 Å². The molecule has 1 aromatic heterocycles. The van der Waals surface area contributed by atoms with Crippen LogP contribution in [0.1, 0.15) is 24.3 Å². The lowest BCUT2D eigenvalue weighted by Crippen LogP contribution is -2.34. The highest BCUT2D eigenvalue weighted by Crippen LogP contribution is 2.21. The lowest BCUT2D eigenvalue weighted by Gasteiger charge is -2.23. The summed E-state index contributed by atoms with van der Waals surface area (Å²) < 4.78 is 5.12. The molecule has 0 fully saturated rings. The van der Waals surface area contributed by atoms with E-state index in [0.717, 1.165) is 5.69 Å². The van der Waals surface area contributed by atoms with E-state index >= 15 is 0 Å². The van der Waals surface area contributed by atoms with Crippen molar-refractivity contribution in [3.63, 3.8) is 0 Å². The molecule has 0 aliphatic carbocycles. The van der Waals surface area contributed by atoms with Crippen LogP contribution in [-0.4, -0.2) is 34.6 Å². The summed E-state index contributed by atoms with van der Waals surface area (Å²) in [7, 11) is 1.55. The van der Waals surface area contributed by atoms with Crippen LogP contribution in [-0.2, 0) is 11.3 Å². The molecule has 0 radical (unpaired) electrons. The molecule has 2 rings (SSSR count). The van der Waals surface area contributed by atoms with Gasteiger partial charge in [0.05, 0.1) is 19.3 Å². The van der Waals surface area contributed by atoms with Crippen LogP contribution in [0.4, 0.5) is 0 Å². The summed E-state index contributed by atoms with van der Waals surface area (Å²) in [5, 5.41) is 10.3. The van der Waals surface area contributed by atoms with Gasteiger partial charge in [-0.2, -0.15) is 0 Å². The molecule has 2 aromatic rings. The Morgan fingerprint density at radius 1 is 1.32 bits per heavy atom. The first-order valence-electron chi connectivity index (χ1n) is 7.16. The Hall–Kier alpha value is -2.40. The van der Waals surface area contributed by atoms with Gasteiger partial charge >= 0.3 is 0 Å². The van der Waals surface area contributed by atoms with E-state index in [2.05, 4.69) is 4.98 Å². The lowest BCUT2D eigenvalue weighted by molar-refractivity contribution is -0.141. The van der Waals surface area contributed by atoms with Gasteiger partial charge in [0.2, 0.25) is 0 Å². The topological polar surface area (TPSA) is 62.7 Å². The van der Waals surface area contributed by atoms with E-state index in [1.54, 1.807) is 42.5 Å². The van der Waals surface area contributed by atoms with E-state index in [-0.39, 0.29) is 5.91 Å². The van der Waals surface area contributed by atoms with Crippen LogP contribution in [0.15, 0.2) is 48.7 Å². The van der Waals surface area contributed by atoms with Gasteiger partial charge in [0.25, 0.3) is 5.91 Å². The fraction of sp³-hybridized carbons (Fsp3) is 0.294. The van der Waals surface area contributed by atoms with Crippen LogP contribution in [0.5, 0.6) is 5.75 Å². The van der Waals surface area contributed by atoms with Gasteiger partial charge in [0.1, 0.15) is 5.75 Å². The minimum Gasteiger partial charge on any atom is -0.497 e.